The first-order valence-electron chi connectivity index (χ1n) is 8.73. The van der Waals surface area contributed by atoms with Gasteiger partial charge in [-0.25, -0.2) is 0 Å². The van der Waals surface area contributed by atoms with Gasteiger partial charge in [-0.3, -0.25) is 5.10 Å². The van der Waals surface area contributed by atoms with Crippen molar-refractivity contribution >= 4 is 0 Å². The maximum absolute atomic E-state index is 9.85. The Bertz CT molecular complexity index is 979. The van der Waals surface area contributed by atoms with Gasteiger partial charge >= 0.3 is 0 Å². The number of aromatic nitrogens is 2. The number of hydrogen-bond donors (Lipinski definition) is 2. The molecule has 1 aliphatic rings. The smallest absolute Gasteiger partial charge is 0.244 e. The molecule has 1 aromatic carbocycles. The first kappa shape index (κ1) is 19.4. The number of nitrogens with one attached hydrogen (secondary N) is 1. The summed E-state index contributed by atoms with van der Waals surface area (Å²) in [6.45, 7) is 6.16. The molecule has 3 rings (SSSR count). The van der Waals surface area contributed by atoms with E-state index in [0.29, 0.717) is 28.7 Å². The Hall–Kier alpha value is -3.34. The van der Waals surface area contributed by atoms with Crippen LogP contribution < -0.4 is 24.7 Å². The summed E-state index contributed by atoms with van der Waals surface area (Å²) in [4.78, 5) is 0. The molecule has 0 spiro atoms. The molecule has 0 radical (unpaired) electrons. The van der Waals surface area contributed by atoms with E-state index in [0.717, 1.165) is 11.3 Å². The van der Waals surface area contributed by atoms with E-state index in [1.54, 1.807) is 20.3 Å². The van der Waals surface area contributed by atoms with E-state index in [1.807, 2.05) is 6.07 Å². The fourth-order valence-electron chi connectivity index (χ4n) is 3.48. The number of nitrogens with zero attached hydrogens (tertiary/aromatic N) is 2. The molecule has 1 aromatic heterocycles. The largest absolute Gasteiger partial charge is 0.493 e. The fourth-order valence-corrected chi connectivity index (χ4v) is 3.48. The number of fused-ring (bicyclic) bond motifs is 1. The molecule has 0 saturated carbocycles. The van der Waals surface area contributed by atoms with Crippen LogP contribution in [0.15, 0.2) is 23.6 Å². The number of rotatable bonds is 4. The van der Waals surface area contributed by atoms with Crippen LogP contribution in [0.1, 0.15) is 43.5 Å². The zero-order valence-electron chi connectivity index (χ0n) is 16.8. The molecule has 0 unspecified atom stereocenters. The van der Waals surface area contributed by atoms with E-state index < -0.39 is 5.92 Å². The quantitative estimate of drug-likeness (QED) is 0.832. The summed E-state index contributed by atoms with van der Waals surface area (Å²) in [5.41, 5.74) is 8.38. The van der Waals surface area contributed by atoms with Crippen molar-refractivity contribution in [3.05, 3.63) is 40.4 Å². The Morgan fingerprint density at radius 2 is 1.82 bits per heavy atom. The van der Waals surface area contributed by atoms with Gasteiger partial charge in [0.1, 0.15) is 11.6 Å². The maximum atomic E-state index is 9.85. The molecule has 0 saturated heterocycles. The second kappa shape index (κ2) is 7.00. The highest BCUT2D eigenvalue weighted by Crippen LogP contribution is 2.51. The van der Waals surface area contributed by atoms with Gasteiger partial charge in [-0.05, 0) is 6.07 Å². The lowest BCUT2D eigenvalue weighted by atomic mass is 9.78. The lowest BCUT2D eigenvalue weighted by Gasteiger charge is -2.29. The predicted octanol–water partition coefficient (Wildman–Crippen LogP) is 2.95. The molecule has 0 bridgehead atoms. The van der Waals surface area contributed by atoms with Crippen LogP contribution in [0.5, 0.6) is 23.1 Å². The number of methoxy groups -OCH3 is 3. The van der Waals surface area contributed by atoms with Crippen LogP contribution in [0.3, 0.4) is 0 Å². The number of nitrogens with two attached hydrogens (primary N) is 1. The SMILES string of the molecule is COc1ccc([C@@H]2C(C#N)=C(N)Oc3n[nH]c(C(C)(C)C)c32)c(OC)c1OC. The summed E-state index contributed by atoms with van der Waals surface area (Å²) >= 11 is 0. The summed E-state index contributed by atoms with van der Waals surface area (Å²) in [5.74, 6) is 1.26. The molecule has 2 aromatic rings. The molecule has 3 N–H and O–H groups in total. The normalized spacial score (nSPS) is 16.1. The van der Waals surface area contributed by atoms with Gasteiger partial charge in [0.05, 0.1) is 32.8 Å². The zero-order chi connectivity index (χ0) is 20.6. The Morgan fingerprint density at radius 3 is 2.36 bits per heavy atom. The van der Waals surface area contributed by atoms with E-state index in [-0.39, 0.29) is 16.9 Å². The van der Waals surface area contributed by atoms with Gasteiger partial charge in [-0.1, -0.05) is 26.8 Å². The van der Waals surface area contributed by atoms with Crippen molar-refractivity contribution < 1.29 is 18.9 Å². The Kier molecular flexibility index (Phi) is 4.86. The summed E-state index contributed by atoms with van der Waals surface area (Å²) in [6, 6.07) is 5.80. The van der Waals surface area contributed by atoms with E-state index in [1.165, 1.54) is 7.11 Å². The first-order chi connectivity index (χ1) is 13.3. The first-order valence-corrected chi connectivity index (χ1v) is 8.73. The van der Waals surface area contributed by atoms with Crippen molar-refractivity contribution in [1.82, 2.24) is 10.2 Å². The third-order valence-corrected chi connectivity index (χ3v) is 4.73. The highest BCUT2D eigenvalue weighted by Gasteiger charge is 2.40. The third kappa shape index (κ3) is 2.89. The summed E-state index contributed by atoms with van der Waals surface area (Å²) in [6.07, 6.45) is 0. The standard InChI is InChI=1S/C20H24N4O4/c1-20(2,3)17-14-13(11(9-21)18(22)28-19(14)24-23-17)10-7-8-12(25-4)16(27-6)15(10)26-5/h7-8,13H,22H2,1-6H3,(H,23,24)/t13-/m1/s1. The minimum Gasteiger partial charge on any atom is -0.493 e. The van der Waals surface area contributed by atoms with Crippen molar-refractivity contribution in [3.63, 3.8) is 0 Å². The van der Waals surface area contributed by atoms with Crippen LogP contribution in [-0.2, 0) is 5.41 Å². The van der Waals surface area contributed by atoms with Crippen LogP contribution in [0.25, 0.3) is 0 Å². The highest BCUT2D eigenvalue weighted by molar-refractivity contribution is 5.64. The molecular formula is C20H24N4O4. The van der Waals surface area contributed by atoms with Crippen LogP contribution >= 0.6 is 0 Å². The van der Waals surface area contributed by atoms with Gasteiger partial charge in [0.25, 0.3) is 0 Å². The number of aromatic amines is 1. The summed E-state index contributed by atoms with van der Waals surface area (Å²) in [7, 11) is 4.63. The minimum absolute atomic E-state index is 0.0174. The second-order valence-electron chi connectivity index (χ2n) is 7.42. The lowest BCUT2D eigenvalue weighted by molar-refractivity contribution is 0.321. The van der Waals surface area contributed by atoms with Gasteiger partial charge in [0.15, 0.2) is 11.5 Å². The van der Waals surface area contributed by atoms with Gasteiger partial charge in [0.2, 0.25) is 17.5 Å². The van der Waals surface area contributed by atoms with Crippen LogP contribution in [-0.4, -0.2) is 31.5 Å². The maximum Gasteiger partial charge on any atom is 0.244 e. The van der Waals surface area contributed by atoms with Crippen LogP contribution in [0.4, 0.5) is 0 Å². The molecule has 0 aliphatic carbocycles. The number of allylic oxidation sites excluding steroid dienone is 1. The number of H-pyrrole nitrogens is 1. The number of ether oxygens (including phenoxy) is 4. The number of hydrogen-bond acceptors (Lipinski definition) is 7. The van der Waals surface area contributed by atoms with Crippen LogP contribution in [0.2, 0.25) is 0 Å². The van der Waals surface area contributed by atoms with Gasteiger partial charge in [-0.15, -0.1) is 5.10 Å². The molecule has 8 nitrogen and oxygen atoms in total. The van der Waals surface area contributed by atoms with Crippen molar-refractivity contribution in [3.8, 4) is 29.2 Å². The van der Waals surface area contributed by atoms with Gasteiger partial charge < -0.3 is 24.7 Å². The molecule has 0 fully saturated rings. The van der Waals surface area contributed by atoms with Crippen molar-refractivity contribution in [2.75, 3.05) is 21.3 Å². The topological polar surface area (TPSA) is 115 Å². The molecule has 2 heterocycles. The summed E-state index contributed by atoms with van der Waals surface area (Å²) in [5, 5.41) is 17.2. The zero-order valence-corrected chi connectivity index (χ0v) is 16.8. The number of benzene rings is 1. The summed E-state index contributed by atoms with van der Waals surface area (Å²) < 4.78 is 22.2. The van der Waals surface area contributed by atoms with E-state index in [2.05, 4.69) is 37.0 Å². The molecule has 148 valence electrons. The molecule has 8 heteroatoms. The Morgan fingerprint density at radius 1 is 1.14 bits per heavy atom. The van der Waals surface area contributed by atoms with Gasteiger partial charge in [0, 0.05) is 16.7 Å². The molecule has 0 amide bonds. The van der Waals surface area contributed by atoms with Crippen molar-refractivity contribution in [2.24, 2.45) is 5.73 Å². The van der Waals surface area contributed by atoms with Crippen molar-refractivity contribution in [2.45, 2.75) is 32.1 Å². The Balaban J connectivity index is 2.36. The van der Waals surface area contributed by atoms with Crippen molar-refractivity contribution in [1.29, 1.82) is 5.26 Å². The second-order valence-corrected chi connectivity index (χ2v) is 7.42. The lowest BCUT2D eigenvalue weighted by Crippen LogP contribution is -2.24. The average Bonchev–Trinajstić information content (AvgIpc) is 3.09. The third-order valence-electron chi connectivity index (χ3n) is 4.73. The fraction of sp³-hybridized carbons (Fsp3) is 0.400. The van der Waals surface area contributed by atoms with E-state index in [9.17, 15) is 5.26 Å². The van der Waals surface area contributed by atoms with E-state index in [4.69, 9.17) is 24.7 Å². The number of nitriles is 1. The average molecular weight is 384 g/mol. The predicted molar refractivity (Wildman–Crippen MR) is 103 cm³/mol. The molecular weight excluding hydrogens is 360 g/mol. The molecule has 1 atom stereocenters. The Labute approximate surface area is 163 Å². The van der Waals surface area contributed by atoms with Gasteiger partial charge in [-0.2, -0.15) is 5.26 Å². The minimum atomic E-state index is -0.531. The molecule has 28 heavy (non-hydrogen) atoms. The van der Waals surface area contributed by atoms with E-state index >= 15 is 0 Å². The highest BCUT2D eigenvalue weighted by atomic mass is 16.5. The monoisotopic (exact) mass is 384 g/mol. The van der Waals surface area contributed by atoms with Crippen LogP contribution in [0, 0.1) is 11.3 Å². The molecule has 1 aliphatic heterocycles.